The maximum atomic E-state index is 11.9. The van der Waals surface area contributed by atoms with E-state index in [9.17, 15) is 9.90 Å². The fraction of sp³-hybridized carbons (Fsp3) is 0.316. The molecule has 0 saturated heterocycles. The van der Waals surface area contributed by atoms with Crippen molar-refractivity contribution in [1.29, 1.82) is 0 Å². The molecule has 0 radical (unpaired) electrons. The van der Waals surface area contributed by atoms with Gasteiger partial charge in [0, 0.05) is 20.2 Å². The van der Waals surface area contributed by atoms with Gasteiger partial charge in [-0.2, -0.15) is 0 Å². The third-order valence-electron chi connectivity index (χ3n) is 3.86. The van der Waals surface area contributed by atoms with Crippen molar-refractivity contribution in [2.75, 3.05) is 27.3 Å². The van der Waals surface area contributed by atoms with Crippen LogP contribution in [-0.2, 0) is 4.74 Å². The van der Waals surface area contributed by atoms with Crippen LogP contribution in [0, 0.1) is 0 Å². The van der Waals surface area contributed by atoms with Crippen LogP contribution in [0.5, 0.6) is 5.75 Å². The maximum absolute atomic E-state index is 11.9. The van der Waals surface area contributed by atoms with Gasteiger partial charge >= 0.3 is 6.03 Å². The summed E-state index contributed by atoms with van der Waals surface area (Å²) in [4.78, 5) is 11.9. The van der Waals surface area contributed by atoms with Gasteiger partial charge in [0.1, 0.15) is 5.75 Å². The molecule has 0 spiro atoms. The molecule has 6 heteroatoms. The second-order valence-electron chi connectivity index (χ2n) is 5.51. The number of carbonyl (C=O) groups excluding carboxylic acids is 1. The smallest absolute Gasteiger partial charge is 0.314 e. The molecule has 0 fully saturated rings. The zero-order valence-corrected chi connectivity index (χ0v) is 14.4. The fourth-order valence-electron chi connectivity index (χ4n) is 2.39. The Kier molecular flexibility index (Phi) is 7.25. The normalized spacial score (nSPS) is 12.9. The largest absolute Gasteiger partial charge is 0.497 e. The summed E-state index contributed by atoms with van der Waals surface area (Å²) in [6.07, 6.45) is -1.01. The fourth-order valence-corrected chi connectivity index (χ4v) is 2.39. The predicted molar refractivity (Wildman–Crippen MR) is 95.5 cm³/mol. The van der Waals surface area contributed by atoms with Crippen molar-refractivity contribution in [3.05, 3.63) is 65.7 Å². The number of amides is 2. The molecule has 134 valence electrons. The molecule has 2 rings (SSSR count). The number of aliphatic hydroxyl groups is 1. The van der Waals surface area contributed by atoms with Crippen LogP contribution < -0.4 is 15.4 Å². The Morgan fingerprint density at radius 1 is 0.960 bits per heavy atom. The van der Waals surface area contributed by atoms with Gasteiger partial charge in [0.05, 0.1) is 19.3 Å². The molecule has 2 atom stereocenters. The molecule has 6 nitrogen and oxygen atoms in total. The molecule has 2 unspecified atom stereocenters. The van der Waals surface area contributed by atoms with Crippen LogP contribution in [0.4, 0.5) is 4.79 Å². The monoisotopic (exact) mass is 344 g/mol. The summed E-state index contributed by atoms with van der Waals surface area (Å²) in [7, 11) is 3.19. The molecule has 0 heterocycles. The van der Waals surface area contributed by atoms with E-state index in [1.54, 1.807) is 38.5 Å². The minimum absolute atomic E-state index is 0.112. The molecule has 0 aliphatic carbocycles. The molecule has 0 aliphatic rings. The van der Waals surface area contributed by atoms with Gasteiger partial charge in [-0.05, 0) is 23.3 Å². The Hall–Kier alpha value is -2.57. The van der Waals surface area contributed by atoms with E-state index in [1.165, 1.54) is 0 Å². The zero-order chi connectivity index (χ0) is 18.1. The van der Waals surface area contributed by atoms with Crippen LogP contribution in [-0.4, -0.2) is 38.4 Å². The van der Waals surface area contributed by atoms with Crippen molar-refractivity contribution in [1.82, 2.24) is 10.6 Å². The Labute approximate surface area is 147 Å². The van der Waals surface area contributed by atoms with Crippen LogP contribution in [0.3, 0.4) is 0 Å². The van der Waals surface area contributed by atoms with E-state index in [4.69, 9.17) is 9.47 Å². The number of carbonyl (C=O) groups is 1. The Morgan fingerprint density at radius 3 is 2.20 bits per heavy atom. The second kappa shape index (κ2) is 9.66. The number of methoxy groups -OCH3 is 2. The number of hydrogen-bond donors (Lipinski definition) is 3. The first kappa shape index (κ1) is 18.8. The summed E-state index contributed by atoms with van der Waals surface area (Å²) in [6, 6.07) is 16.4. The van der Waals surface area contributed by atoms with Gasteiger partial charge in [-0.1, -0.05) is 42.5 Å². The first-order chi connectivity index (χ1) is 12.1. The third kappa shape index (κ3) is 5.77. The Bertz CT molecular complexity index is 646. The Morgan fingerprint density at radius 2 is 1.60 bits per heavy atom. The summed E-state index contributed by atoms with van der Waals surface area (Å²) in [5.41, 5.74) is 1.70. The van der Waals surface area contributed by atoms with Crippen molar-refractivity contribution in [2.45, 2.75) is 12.2 Å². The standard InChI is InChI=1S/C19H24N2O4/c1-24-16-10-8-14(9-11-16)17(22)12-20-19(23)21-13-18(25-2)15-6-4-3-5-7-15/h3-11,17-18,22H,12-13H2,1-2H3,(H2,20,21,23). The summed E-state index contributed by atoms with van der Waals surface area (Å²) < 4.78 is 10.5. The van der Waals surface area contributed by atoms with Gasteiger partial charge in [-0.15, -0.1) is 0 Å². The van der Waals surface area contributed by atoms with E-state index >= 15 is 0 Å². The van der Waals surface area contributed by atoms with E-state index in [0.29, 0.717) is 17.9 Å². The zero-order valence-electron chi connectivity index (χ0n) is 14.4. The minimum Gasteiger partial charge on any atom is -0.497 e. The number of benzene rings is 2. The van der Waals surface area contributed by atoms with Crippen molar-refractivity contribution in [2.24, 2.45) is 0 Å². The average Bonchev–Trinajstić information content (AvgIpc) is 2.67. The highest BCUT2D eigenvalue weighted by Gasteiger charge is 2.13. The van der Waals surface area contributed by atoms with Gasteiger partial charge in [0.2, 0.25) is 0 Å². The van der Waals surface area contributed by atoms with E-state index < -0.39 is 6.10 Å². The number of hydrogen-bond acceptors (Lipinski definition) is 4. The second-order valence-corrected chi connectivity index (χ2v) is 5.51. The highest BCUT2D eigenvalue weighted by atomic mass is 16.5. The molecule has 25 heavy (non-hydrogen) atoms. The lowest BCUT2D eigenvalue weighted by molar-refractivity contribution is 0.103. The molecule has 0 aromatic heterocycles. The molecule has 3 N–H and O–H groups in total. The van der Waals surface area contributed by atoms with Gasteiger partial charge in [-0.3, -0.25) is 0 Å². The van der Waals surface area contributed by atoms with E-state index in [-0.39, 0.29) is 18.7 Å². The van der Waals surface area contributed by atoms with Gasteiger partial charge < -0.3 is 25.2 Å². The highest BCUT2D eigenvalue weighted by molar-refractivity contribution is 5.73. The van der Waals surface area contributed by atoms with Crippen molar-refractivity contribution >= 4 is 6.03 Å². The predicted octanol–water partition coefficient (Wildman–Crippen LogP) is 2.42. The van der Waals surface area contributed by atoms with Crippen molar-refractivity contribution in [3.8, 4) is 5.75 Å². The number of aliphatic hydroxyl groups excluding tert-OH is 1. The van der Waals surface area contributed by atoms with E-state index in [0.717, 1.165) is 5.56 Å². The first-order valence-corrected chi connectivity index (χ1v) is 8.05. The molecule has 0 saturated carbocycles. The molecular weight excluding hydrogens is 320 g/mol. The minimum atomic E-state index is -0.788. The lowest BCUT2D eigenvalue weighted by atomic mass is 10.1. The lowest BCUT2D eigenvalue weighted by Gasteiger charge is -2.18. The summed E-state index contributed by atoms with van der Waals surface area (Å²) in [6.45, 7) is 0.451. The molecule has 0 bridgehead atoms. The van der Waals surface area contributed by atoms with Gasteiger partial charge in [0.15, 0.2) is 0 Å². The van der Waals surface area contributed by atoms with Crippen molar-refractivity contribution < 1.29 is 19.4 Å². The van der Waals surface area contributed by atoms with Crippen LogP contribution in [0.25, 0.3) is 0 Å². The first-order valence-electron chi connectivity index (χ1n) is 8.05. The SMILES string of the molecule is COc1ccc(C(O)CNC(=O)NCC(OC)c2ccccc2)cc1. The topological polar surface area (TPSA) is 79.8 Å². The number of ether oxygens (including phenoxy) is 2. The van der Waals surface area contributed by atoms with Crippen LogP contribution in [0.15, 0.2) is 54.6 Å². The maximum Gasteiger partial charge on any atom is 0.314 e. The van der Waals surface area contributed by atoms with Crippen LogP contribution in [0.2, 0.25) is 0 Å². The van der Waals surface area contributed by atoms with Crippen molar-refractivity contribution in [3.63, 3.8) is 0 Å². The summed E-state index contributed by atoms with van der Waals surface area (Å²) in [5.74, 6) is 0.716. The number of nitrogens with one attached hydrogen (secondary N) is 2. The van der Waals surface area contributed by atoms with Crippen LogP contribution in [0.1, 0.15) is 23.3 Å². The lowest BCUT2D eigenvalue weighted by Crippen LogP contribution is -2.39. The number of urea groups is 1. The molecule has 2 aromatic carbocycles. The van der Waals surface area contributed by atoms with E-state index in [2.05, 4.69) is 10.6 Å². The molecular formula is C19H24N2O4. The Balaban J connectivity index is 1.77. The third-order valence-corrected chi connectivity index (χ3v) is 3.86. The average molecular weight is 344 g/mol. The highest BCUT2D eigenvalue weighted by Crippen LogP contribution is 2.17. The van der Waals surface area contributed by atoms with E-state index in [1.807, 2.05) is 30.3 Å². The van der Waals surface area contributed by atoms with Gasteiger partial charge in [0.25, 0.3) is 0 Å². The quantitative estimate of drug-likeness (QED) is 0.687. The number of rotatable bonds is 8. The van der Waals surface area contributed by atoms with Crippen LogP contribution >= 0.6 is 0 Å². The summed E-state index contributed by atoms with van der Waals surface area (Å²) >= 11 is 0. The molecule has 2 aromatic rings. The molecule has 0 aliphatic heterocycles. The van der Waals surface area contributed by atoms with Gasteiger partial charge in [-0.25, -0.2) is 4.79 Å². The molecule has 2 amide bonds. The summed E-state index contributed by atoms with van der Waals surface area (Å²) in [5, 5.41) is 15.5.